The normalized spacial score (nSPS) is 10.4. The average molecular weight is 199 g/mol. The maximum absolute atomic E-state index is 5.67. The summed E-state index contributed by atoms with van der Waals surface area (Å²) in [5.41, 5.74) is 0. The molecule has 3 heteroatoms. The van der Waals surface area contributed by atoms with Crippen LogP contribution in [0.4, 0.5) is 5.88 Å². The highest BCUT2D eigenvalue weighted by Crippen LogP contribution is 2.20. The van der Waals surface area contributed by atoms with Crippen LogP contribution >= 0.6 is 11.8 Å². The maximum Gasteiger partial charge on any atom is 0.195 e. The first-order valence-corrected chi connectivity index (χ1v) is 6.03. The Morgan fingerprint density at radius 1 is 1.31 bits per heavy atom. The summed E-state index contributed by atoms with van der Waals surface area (Å²) in [7, 11) is 0. The molecule has 2 nitrogen and oxygen atoms in total. The second-order valence-corrected chi connectivity index (χ2v) is 3.71. The van der Waals surface area contributed by atoms with Gasteiger partial charge in [-0.15, -0.1) is 0 Å². The molecule has 0 spiro atoms. The molecule has 0 N–H and O–H groups in total. The van der Waals surface area contributed by atoms with Gasteiger partial charge in [-0.1, -0.05) is 0 Å². The molecule has 1 aromatic rings. The van der Waals surface area contributed by atoms with E-state index >= 15 is 0 Å². The average Bonchev–Trinajstić information content (AvgIpc) is 2.56. The highest BCUT2D eigenvalue weighted by molar-refractivity contribution is 7.97. The van der Waals surface area contributed by atoms with E-state index in [1.54, 1.807) is 11.8 Å². The Morgan fingerprint density at radius 2 is 2.00 bits per heavy atom. The van der Waals surface area contributed by atoms with Gasteiger partial charge in [-0.3, -0.25) is 0 Å². The molecule has 1 rings (SSSR count). The number of anilines is 1. The molecule has 13 heavy (non-hydrogen) atoms. The molecule has 0 aliphatic carbocycles. The third-order valence-corrected chi connectivity index (χ3v) is 2.58. The van der Waals surface area contributed by atoms with E-state index in [-0.39, 0.29) is 0 Å². The highest BCUT2D eigenvalue weighted by atomic mass is 32.2. The first kappa shape index (κ1) is 10.5. The molecule has 0 atom stereocenters. The Balaban J connectivity index is 2.66. The van der Waals surface area contributed by atoms with Crippen molar-refractivity contribution in [2.75, 3.05) is 24.2 Å². The molecule has 0 unspecified atom stereocenters. The molecule has 0 fully saturated rings. The second-order valence-electron chi connectivity index (χ2n) is 2.85. The lowest BCUT2D eigenvalue weighted by molar-refractivity contribution is 0.518. The molecule has 0 radical (unpaired) electrons. The quantitative estimate of drug-likeness (QED) is 0.725. The second kappa shape index (κ2) is 5.22. The Hall–Kier alpha value is -0.570. The standard InChI is InChI=1S/C10H17NOS/c1-4-11(5-2)10-7-6-9(12-10)8-13-3/h6-7H,4-5,8H2,1-3H3. The minimum Gasteiger partial charge on any atom is -0.445 e. The van der Waals surface area contributed by atoms with Gasteiger partial charge in [-0.2, -0.15) is 11.8 Å². The van der Waals surface area contributed by atoms with Crippen molar-refractivity contribution in [2.45, 2.75) is 19.6 Å². The largest absolute Gasteiger partial charge is 0.445 e. The van der Waals surface area contributed by atoms with E-state index < -0.39 is 0 Å². The first-order valence-electron chi connectivity index (χ1n) is 4.64. The van der Waals surface area contributed by atoms with Crippen LogP contribution in [0.5, 0.6) is 0 Å². The van der Waals surface area contributed by atoms with Crippen LogP contribution in [-0.4, -0.2) is 19.3 Å². The molecule has 0 saturated carbocycles. The summed E-state index contributed by atoms with van der Waals surface area (Å²) in [5.74, 6) is 3.02. The Labute approximate surface area is 84.3 Å². The van der Waals surface area contributed by atoms with Gasteiger partial charge in [0.25, 0.3) is 0 Å². The SMILES string of the molecule is CCN(CC)c1ccc(CSC)o1. The van der Waals surface area contributed by atoms with Crippen LogP contribution in [0.25, 0.3) is 0 Å². The van der Waals surface area contributed by atoms with E-state index in [0.717, 1.165) is 30.5 Å². The maximum atomic E-state index is 5.67. The van der Waals surface area contributed by atoms with Gasteiger partial charge in [0.1, 0.15) is 5.76 Å². The van der Waals surface area contributed by atoms with E-state index in [1.165, 1.54) is 0 Å². The molecule has 0 aliphatic rings. The number of hydrogen-bond acceptors (Lipinski definition) is 3. The number of hydrogen-bond donors (Lipinski definition) is 0. The number of nitrogens with zero attached hydrogens (tertiary/aromatic N) is 1. The summed E-state index contributed by atoms with van der Waals surface area (Å²) in [4.78, 5) is 2.21. The van der Waals surface area contributed by atoms with Gasteiger partial charge in [-0.05, 0) is 26.2 Å². The van der Waals surface area contributed by atoms with Crippen molar-refractivity contribution in [3.05, 3.63) is 17.9 Å². The Bertz CT molecular complexity index is 243. The van der Waals surface area contributed by atoms with Crippen LogP contribution in [-0.2, 0) is 5.75 Å². The fourth-order valence-electron chi connectivity index (χ4n) is 1.29. The van der Waals surface area contributed by atoms with Crippen LogP contribution in [0.3, 0.4) is 0 Å². The third kappa shape index (κ3) is 2.69. The molecule has 0 bridgehead atoms. The van der Waals surface area contributed by atoms with Crippen LogP contribution < -0.4 is 4.90 Å². The molecule has 1 heterocycles. The van der Waals surface area contributed by atoms with E-state index in [4.69, 9.17) is 4.42 Å². The summed E-state index contributed by atoms with van der Waals surface area (Å²) in [6, 6.07) is 4.11. The molecule has 0 amide bonds. The van der Waals surface area contributed by atoms with Gasteiger partial charge < -0.3 is 9.32 Å². The van der Waals surface area contributed by atoms with Crippen molar-refractivity contribution < 1.29 is 4.42 Å². The van der Waals surface area contributed by atoms with Crippen molar-refractivity contribution in [3.8, 4) is 0 Å². The smallest absolute Gasteiger partial charge is 0.195 e. The predicted octanol–water partition coefficient (Wildman–Crippen LogP) is 2.99. The van der Waals surface area contributed by atoms with Crippen LogP contribution in [0.2, 0.25) is 0 Å². The predicted molar refractivity (Wildman–Crippen MR) is 59.5 cm³/mol. The summed E-state index contributed by atoms with van der Waals surface area (Å²) in [6.45, 7) is 6.28. The number of rotatable bonds is 5. The zero-order valence-electron chi connectivity index (χ0n) is 8.54. The van der Waals surface area contributed by atoms with Gasteiger partial charge in [0.15, 0.2) is 5.88 Å². The minimum absolute atomic E-state index is 0.960. The monoisotopic (exact) mass is 199 g/mol. The van der Waals surface area contributed by atoms with E-state index in [1.807, 2.05) is 0 Å². The molecular formula is C10H17NOS. The zero-order valence-corrected chi connectivity index (χ0v) is 9.36. The van der Waals surface area contributed by atoms with Crippen molar-refractivity contribution in [1.29, 1.82) is 0 Å². The number of thioether (sulfide) groups is 1. The van der Waals surface area contributed by atoms with Gasteiger partial charge in [0, 0.05) is 19.2 Å². The Morgan fingerprint density at radius 3 is 2.54 bits per heavy atom. The molecule has 74 valence electrons. The molecule has 0 saturated heterocycles. The fourth-order valence-corrected chi connectivity index (χ4v) is 1.73. The van der Waals surface area contributed by atoms with Crippen LogP contribution in [0.15, 0.2) is 16.5 Å². The topological polar surface area (TPSA) is 16.4 Å². The molecule has 0 aromatic carbocycles. The van der Waals surface area contributed by atoms with Gasteiger partial charge in [0.2, 0.25) is 0 Å². The van der Waals surface area contributed by atoms with E-state index in [9.17, 15) is 0 Å². The lowest BCUT2D eigenvalue weighted by atomic mass is 10.4. The Kier molecular flexibility index (Phi) is 4.22. The van der Waals surface area contributed by atoms with Crippen molar-refractivity contribution in [3.63, 3.8) is 0 Å². The summed E-state index contributed by atoms with van der Waals surface area (Å²) < 4.78 is 5.67. The fraction of sp³-hybridized carbons (Fsp3) is 0.600. The van der Waals surface area contributed by atoms with Gasteiger partial charge in [0.05, 0.1) is 5.75 Å². The molecule has 1 aromatic heterocycles. The van der Waals surface area contributed by atoms with Crippen molar-refractivity contribution in [2.24, 2.45) is 0 Å². The summed E-state index contributed by atoms with van der Waals surface area (Å²) >= 11 is 1.78. The van der Waals surface area contributed by atoms with Crippen LogP contribution in [0.1, 0.15) is 19.6 Å². The zero-order chi connectivity index (χ0) is 9.68. The van der Waals surface area contributed by atoms with Gasteiger partial charge >= 0.3 is 0 Å². The lowest BCUT2D eigenvalue weighted by Crippen LogP contribution is -2.20. The lowest BCUT2D eigenvalue weighted by Gasteiger charge is -2.16. The summed E-state index contributed by atoms with van der Waals surface area (Å²) in [6.07, 6.45) is 2.08. The number of furan rings is 1. The van der Waals surface area contributed by atoms with Crippen molar-refractivity contribution in [1.82, 2.24) is 0 Å². The minimum atomic E-state index is 0.960. The van der Waals surface area contributed by atoms with E-state index in [0.29, 0.717) is 0 Å². The first-order chi connectivity index (χ1) is 6.31. The van der Waals surface area contributed by atoms with Crippen molar-refractivity contribution >= 4 is 17.6 Å². The molecule has 0 aliphatic heterocycles. The highest BCUT2D eigenvalue weighted by Gasteiger charge is 2.06. The van der Waals surface area contributed by atoms with E-state index in [2.05, 4.69) is 37.1 Å². The molecular weight excluding hydrogens is 182 g/mol. The third-order valence-electron chi connectivity index (χ3n) is 2.01. The van der Waals surface area contributed by atoms with Gasteiger partial charge in [-0.25, -0.2) is 0 Å². The summed E-state index contributed by atoms with van der Waals surface area (Å²) in [5, 5.41) is 0. The van der Waals surface area contributed by atoms with Crippen LogP contribution in [0, 0.1) is 0 Å².